The summed E-state index contributed by atoms with van der Waals surface area (Å²) in [7, 11) is 3.02. The van der Waals surface area contributed by atoms with Crippen LogP contribution in [0.2, 0.25) is 0 Å². The van der Waals surface area contributed by atoms with Crippen molar-refractivity contribution in [3.63, 3.8) is 0 Å². The van der Waals surface area contributed by atoms with Crippen LogP contribution < -0.4 is 11.5 Å². The molecule has 5 rings (SSSR count). The predicted molar refractivity (Wildman–Crippen MR) is 146 cm³/mol. The van der Waals surface area contributed by atoms with E-state index in [1.807, 2.05) is 6.07 Å². The Kier molecular flexibility index (Phi) is 6.46. The summed E-state index contributed by atoms with van der Waals surface area (Å²) in [5.41, 5.74) is 7.96. The lowest BCUT2D eigenvalue weighted by atomic mass is 9.53. The van der Waals surface area contributed by atoms with Gasteiger partial charge in [0, 0.05) is 12.1 Å². The largest absolute Gasteiger partial charge is 0.508 e. The summed E-state index contributed by atoms with van der Waals surface area (Å²) in [6.07, 6.45) is 2.11. The van der Waals surface area contributed by atoms with E-state index in [1.165, 1.54) is 25.1 Å². The number of carbonyl (C=O) groups excluding carboxylic acids is 3. The van der Waals surface area contributed by atoms with E-state index >= 15 is 0 Å². The lowest BCUT2D eigenvalue weighted by molar-refractivity contribution is -0.157. The van der Waals surface area contributed by atoms with Crippen molar-refractivity contribution < 1.29 is 34.8 Å². The third-order valence-corrected chi connectivity index (χ3v) is 9.50. The number of amides is 1. The van der Waals surface area contributed by atoms with Gasteiger partial charge in [-0.2, -0.15) is 0 Å². The van der Waals surface area contributed by atoms with Crippen molar-refractivity contribution >= 4 is 23.2 Å². The number of Topliss-reactive ketones (excluding diaryl/α,β-unsaturated/α-hetero) is 2. The summed E-state index contributed by atoms with van der Waals surface area (Å²) >= 11 is 0. The van der Waals surface area contributed by atoms with E-state index in [2.05, 4.69) is 18.7 Å². The summed E-state index contributed by atoms with van der Waals surface area (Å²) in [4.78, 5) is 43.3. The third kappa shape index (κ3) is 3.82. The number of rotatable bonds is 4. The number of aliphatic hydroxyl groups excluding tert-OH is 2. The quantitative estimate of drug-likeness (QED) is 0.288. The van der Waals surface area contributed by atoms with Crippen molar-refractivity contribution in [3.05, 3.63) is 45.7 Å². The van der Waals surface area contributed by atoms with E-state index in [0.717, 1.165) is 31.5 Å². The van der Waals surface area contributed by atoms with Crippen molar-refractivity contribution in [1.29, 1.82) is 0 Å². The molecule has 1 amide bonds. The minimum atomic E-state index is -2.91. The number of carbonyl (C=O) groups is 3. The molecule has 1 aromatic rings. The number of fused-ring (bicyclic) bond motifs is 3. The molecule has 3 aliphatic carbocycles. The van der Waals surface area contributed by atoms with Crippen molar-refractivity contribution in [1.82, 2.24) is 9.80 Å². The SMILES string of the molecule is CN(C)[C@H]1C(=O)C(C(N)=O)=C(O)[C@@]2(O)C(=O)C3=C(O)c4c(O)ccc(CN5CCC(C)(C)CC5)c4C[C@H]3C[C@@]12N. The molecule has 11 nitrogen and oxygen atoms in total. The number of phenolic OH excluding ortho intramolecular Hbond substituents is 1. The van der Waals surface area contributed by atoms with Gasteiger partial charge in [-0.1, -0.05) is 19.9 Å². The molecule has 0 bridgehead atoms. The molecule has 11 heteroatoms. The Morgan fingerprint density at radius 1 is 1.12 bits per heavy atom. The number of hydrogen-bond acceptors (Lipinski definition) is 10. The molecule has 4 aliphatic rings. The van der Waals surface area contributed by atoms with Crippen LogP contribution in [0.3, 0.4) is 0 Å². The summed E-state index contributed by atoms with van der Waals surface area (Å²) in [6.45, 7) is 6.88. The molecule has 1 saturated heterocycles. The van der Waals surface area contributed by atoms with Gasteiger partial charge in [-0.25, -0.2) is 0 Å². The Labute approximate surface area is 232 Å². The Bertz CT molecular complexity index is 1390. The van der Waals surface area contributed by atoms with Crippen LogP contribution in [0.1, 0.15) is 49.8 Å². The molecule has 216 valence electrons. The second kappa shape index (κ2) is 9.13. The average molecular weight is 555 g/mol. The molecule has 2 fully saturated rings. The van der Waals surface area contributed by atoms with Crippen molar-refractivity contribution in [2.24, 2.45) is 22.8 Å². The normalized spacial score (nSPS) is 32.2. The van der Waals surface area contributed by atoms with Gasteiger partial charge in [0.05, 0.1) is 17.1 Å². The zero-order valence-corrected chi connectivity index (χ0v) is 23.3. The molecular formula is C29H38N4O7. The zero-order chi connectivity index (χ0) is 29.5. The first-order valence-corrected chi connectivity index (χ1v) is 13.5. The van der Waals surface area contributed by atoms with Crippen LogP contribution in [0.4, 0.5) is 0 Å². The van der Waals surface area contributed by atoms with Crippen molar-refractivity contribution in [2.45, 2.75) is 63.3 Å². The molecule has 4 atom stereocenters. The second-order valence-electron chi connectivity index (χ2n) is 12.8. The molecule has 0 unspecified atom stereocenters. The van der Waals surface area contributed by atoms with Gasteiger partial charge in [0.1, 0.15) is 17.1 Å². The number of phenols is 1. The maximum absolute atomic E-state index is 14.1. The van der Waals surface area contributed by atoms with Gasteiger partial charge in [-0.15, -0.1) is 0 Å². The fourth-order valence-corrected chi connectivity index (χ4v) is 7.23. The van der Waals surface area contributed by atoms with Gasteiger partial charge < -0.3 is 31.9 Å². The zero-order valence-electron chi connectivity index (χ0n) is 23.3. The number of likely N-dealkylation sites (tertiary alicyclic amines) is 1. The highest BCUT2D eigenvalue weighted by Gasteiger charge is 2.71. The highest BCUT2D eigenvalue weighted by Crippen LogP contribution is 2.54. The average Bonchev–Trinajstić information content (AvgIpc) is 2.84. The number of nitrogens with zero attached hydrogens (tertiary/aromatic N) is 2. The molecule has 1 aromatic carbocycles. The lowest BCUT2D eigenvalue weighted by Gasteiger charge is -2.56. The fourth-order valence-electron chi connectivity index (χ4n) is 7.23. The van der Waals surface area contributed by atoms with Gasteiger partial charge in [0.2, 0.25) is 11.4 Å². The summed E-state index contributed by atoms with van der Waals surface area (Å²) < 4.78 is 0. The molecule has 40 heavy (non-hydrogen) atoms. The monoisotopic (exact) mass is 554 g/mol. The number of aromatic hydroxyl groups is 1. The second-order valence-corrected chi connectivity index (χ2v) is 12.8. The summed E-state index contributed by atoms with van der Waals surface area (Å²) in [5.74, 6) is -6.03. The Morgan fingerprint density at radius 3 is 2.33 bits per heavy atom. The van der Waals surface area contributed by atoms with Gasteiger partial charge in [-0.05, 0) is 81.4 Å². The first-order chi connectivity index (χ1) is 18.5. The minimum Gasteiger partial charge on any atom is -0.508 e. The van der Waals surface area contributed by atoms with E-state index in [-0.39, 0.29) is 35.1 Å². The Balaban J connectivity index is 1.64. The van der Waals surface area contributed by atoms with E-state index in [9.17, 15) is 34.8 Å². The van der Waals surface area contributed by atoms with Gasteiger partial charge in [-0.3, -0.25) is 24.2 Å². The van der Waals surface area contributed by atoms with Crippen LogP contribution in [0.25, 0.3) is 5.76 Å². The first-order valence-electron chi connectivity index (χ1n) is 13.5. The standard InChI is InChI=1S/C29H38N4O7/c1-27(2)7-9-33(10-8-27)13-14-5-6-17(34)19-16(14)11-15-12-28(31)23(32(3)4)22(36)20(26(30)39)25(38)29(28,40)24(37)18(15)21(19)35/h5-6,15,23,34-35,38,40H,7-13,31H2,1-4H3,(H2,30,39)/t15-,23-,28+,29-/m0/s1. The molecule has 8 N–H and O–H groups in total. The maximum Gasteiger partial charge on any atom is 0.255 e. The maximum atomic E-state index is 14.1. The molecular weight excluding hydrogens is 516 g/mol. The highest BCUT2D eigenvalue weighted by molar-refractivity contribution is 6.25. The molecule has 0 radical (unpaired) electrons. The minimum absolute atomic E-state index is 0.0946. The van der Waals surface area contributed by atoms with Gasteiger partial charge in [0.25, 0.3) is 5.91 Å². The van der Waals surface area contributed by atoms with E-state index in [0.29, 0.717) is 12.1 Å². The Hall–Kier alpha value is -3.25. The smallest absolute Gasteiger partial charge is 0.255 e. The number of aliphatic hydroxyl groups is 3. The van der Waals surface area contributed by atoms with E-state index in [4.69, 9.17) is 11.5 Å². The number of nitrogens with two attached hydrogens (primary N) is 2. The van der Waals surface area contributed by atoms with Crippen LogP contribution in [-0.2, 0) is 27.3 Å². The third-order valence-electron chi connectivity index (χ3n) is 9.50. The van der Waals surface area contributed by atoms with E-state index in [1.54, 1.807) is 0 Å². The van der Waals surface area contributed by atoms with Crippen LogP contribution in [-0.4, -0.2) is 92.1 Å². The number of likely N-dealkylation sites (N-methyl/N-ethyl adjacent to an activating group) is 1. The summed E-state index contributed by atoms with van der Waals surface area (Å²) in [6, 6.07) is 1.91. The topological polar surface area (TPSA) is 191 Å². The number of hydrogen-bond donors (Lipinski definition) is 6. The summed E-state index contributed by atoms with van der Waals surface area (Å²) in [5, 5.41) is 45.1. The lowest BCUT2D eigenvalue weighted by Crippen LogP contribution is -2.80. The molecule has 0 aromatic heterocycles. The number of benzene rings is 1. The molecule has 1 heterocycles. The number of ketones is 2. The molecule has 0 spiro atoms. The molecule has 1 saturated carbocycles. The highest BCUT2D eigenvalue weighted by atomic mass is 16.4. The first kappa shape index (κ1) is 28.3. The van der Waals surface area contributed by atoms with Crippen molar-refractivity contribution in [3.8, 4) is 5.75 Å². The predicted octanol–water partition coefficient (Wildman–Crippen LogP) is 0.667. The van der Waals surface area contributed by atoms with E-state index < -0.39 is 57.7 Å². The number of piperidine rings is 1. The van der Waals surface area contributed by atoms with Gasteiger partial charge in [0.15, 0.2) is 11.5 Å². The van der Waals surface area contributed by atoms with Crippen LogP contribution >= 0.6 is 0 Å². The Morgan fingerprint density at radius 2 is 1.75 bits per heavy atom. The van der Waals surface area contributed by atoms with Crippen LogP contribution in [0.15, 0.2) is 29.0 Å². The van der Waals surface area contributed by atoms with Crippen molar-refractivity contribution in [2.75, 3.05) is 27.2 Å². The molecule has 1 aliphatic heterocycles. The fraction of sp³-hybridized carbons (Fsp3) is 0.552. The van der Waals surface area contributed by atoms with Crippen LogP contribution in [0.5, 0.6) is 5.75 Å². The van der Waals surface area contributed by atoms with Gasteiger partial charge >= 0.3 is 0 Å². The van der Waals surface area contributed by atoms with Crippen LogP contribution in [0, 0.1) is 11.3 Å². The number of primary amides is 1.